The quantitative estimate of drug-likeness (QED) is 0.522. The average Bonchev–Trinajstić information content (AvgIpc) is 2.04. The standard InChI is InChI=1S/C8H9ClO4/c9-8(7(12)13)3-1-2-5(4-8)6(10)11/h1,3,5H,2,4H2,(H,10,11)(H,12,13). The van der Waals surface area contributed by atoms with Crippen molar-refractivity contribution in [3.63, 3.8) is 0 Å². The van der Waals surface area contributed by atoms with E-state index in [9.17, 15) is 9.59 Å². The number of hydrogen-bond acceptors (Lipinski definition) is 2. The van der Waals surface area contributed by atoms with E-state index in [1.54, 1.807) is 0 Å². The van der Waals surface area contributed by atoms with Crippen molar-refractivity contribution in [3.8, 4) is 0 Å². The highest BCUT2D eigenvalue weighted by atomic mass is 35.5. The number of carboxylic acid groups (broad SMARTS) is 2. The highest BCUT2D eigenvalue weighted by Crippen LogP contribution is 2.32. The number of carboxylic acids is 2. The van der Waals surface area contributed by atoms with Gasteiger partial charge >= 0.3 is 11.9 Å². The predicted molar refractivity (Wildman–Crippen MR) is 45.7 cm³/mol. The minimum absolute atomic E-state index is 0.0598. The zero-order valence-corrected chi connectivity index (χ0v) is 7.49. The van der Waals surface area contributed by atoms with Gasteiger partial charge in [0.05, 0.1) is 5.92 Å². The molecule has 1 aliphatic carbocycles. The van der Waals surface area contributed by atoms with Crippen LogP contribution in [0.1, 0.15) is 12.8 Å². The van der Waals surface area contributed by atoms with Gasteiger partial charge in [-0.1, -0.05) is 12.2 Å². The number of rotatable bonds is 2. The maximum Gasteiger partial charge on any atom is 0.328 e. The van der Waals surface area contributed by atoms with Gasteiger partial charge in [0.1, 0.15) is 0 Å². The fraction of sp³-hybridized carbons (Fsp3) is 0.500. The molecule has 0 aromatic heterocycles. The summed E-state index contributed by atoms with van der Waals surface area (Å²) >= 11 is 5.70. The molecule has 4 nitrogen and oxygen atoms in total. The van der Waals surface area contributed by atoms with Crippen LogP contribution < -0.4 is 0 Å². The molecule has 0 heterocycles. The third-order valence-corrected chi connectivity index (χ3v) is 2.49. The Morgan fingerprint density at radius 1 is 1.46 bits per heavy atom. The lowest BCUT2D eigenvalue weighted by molar-refractivity contribution is -0.144. The molecule has 0 bridgehead atoms. The molecule has 2 atom stereocenters. The Labute approximate surface area is 79.8 Å². The summed E-state index contributed by atoms with van der Waals surface area (Å²) in [4.78, 5) is 19.7. The van der Waals surface area contributed by atoms with Crippen molar-refractivity contribution in [3.05, 3.63) is 12.2 Å². The zero-order chi connectivity index (χ0) is 10.1. The highest BCUT2D eigenvalue weighted by molar-refractivity contribution is 6.35. The Bertz CT molecular complexity index is 273. The summed E-state index contributed by atoms with van der Waals surface area (Å²) in [7, 11) is 0. The van der Waals surface area contributed by atoms with E-state index in [1.165, 1.54) is 12.2 Å². The monoisotopic (exact) mass is 204 g/mol. The van der Waals surface area contributed by atoms with Crippen LogP contribution in [0.4, 0.5) is 0 Å². The molecule has 0 saturated carbocycles. The normalized spacial score (nSPS) is 32.8. The minimum Gasteiger partial charge on any atom is -0.481 e. The van der Waals surface area contributed by atoms with Gasteiger partial charge in [-0.2, -0.15) is 0 Å². The number of aliphatic carboxylic acids is 2. The van der Waals surface area contributed by atoms with Gasteiger partial charge in [0, 0.05) is 0 Å². The van der Waals surface area contributed by atoms with Gasteiger partial charge in [-0.25, -0.2) is 4.79 Å². The molecule has 2 N–H and O–H groups in total. The van der Waals surface area contributed by atoms with E-state index in [1.807, 2.05) is 0 Å². The van der Waals surface area contributed by atoms with E-state index in [-0.39, 0.29) is 6.42 Å². The molecule has 0 saturated heterocycles. The molecule has 0 fully saturated rings. The Kier molecular flexibility index (Phi) is 2.61. The summed E-state index contributed by atoms with van der Waals surface area (Å²) in [6, 6.07) is 0. The smallest absolute Gasteiger partial charge is 0.328 e. The molecule has 0 aromatic carbocycles. The lowest BCUT2D eigenvalue weighted by Crippen LogP contribution is -2.36. The maximum absolute atomic E-state index is 10.7. The molecule has 0 spiro atoms. The molecule has 5 heteroatoms. The van der Waals surface area contributed by atoms with Crippen LogP contribution in [0.25, 0.3) is 0 Å². The third-order valence-electron chi connectivity index (χ3n) is 2.05. The Hall–Kier alpha value is -1.03. The summed E-state index contributed by atoms with van der Waals surface area (Å²) in [5, 5.41) is 17.4. The van der Waals surface area contributed by atoms with Crippen molar-refractivity contribution in [2.45, 2.75) is 17.7 Å². The predicted octanol–water partition coefficient (Wildman–Crippen LogP) is 1.10. The largest absolute Gasteiger partial charge is 0.481 e. The molecule has 1 rings (SSSR count). The lowest BCUT2D eigenvalue weighted by atomic mass is 9.86. The number of alkyl halides is 1. The Morgan fingerprint density at radius 3 is 2.54 bits per heavy atom. The second-order valence-electron chi connectivity index (χ2n) is 3.04. The van der Waals surface area contributed by atoms with Crippen LogP contribution in [0.3, 0.4) is 0 Å². The Morgan fingerprint density at radius 2 is 2.08 bits per heavy atom. The molecule has 0 radical (unpaired) electrons. The van der Waals surface area contributed by atoms with E-state index in [4.69, 9.17) is 21.8 Å². The minimum atomic E-state index is -1.54. The average molecular weight is 205 g/mol. The van der Waals surface area contributed by atoms with Crippen molar-refractivity contribution in [2.75, 3.05) is 0 Å². The molecular formula is C8H9ClO4. The second-order valence-corrected chi connectivity index (χ2v) is 3.72. The molecule has 0 aromatic rings. The van der Waals surface area contributed by atoms with Gasteiger partial charge in [-0.15, -0.1) is 11.6 Å². The van der Waals surface area contributed by atoms with Gasteiger partial charge < -0.3 is 10.2 Å². The summed E-state index contributed by atoms with van der Waals surface area (Å²) in [5.41, 5.74) is 0. The summed E-state index contributed by atoms with van der Waals surface area (Å²) < 4.78 is 0. The zero-order valence-electron chi connectivity index (χ0n) is 6.74. The number of hydrogen-bond donors (Lipinski definition) is 2. The lowest BCUT2D eigenvalue weighted by Gasteiger charge is -2.25. The first kappa shape index (κ1) is 10.1. The van der Waals surface area contributed by atoms with Crippen LogP contribution in [0.2, 0.25) is 0 Å². The van der Waals surface area contributed by atoms with Gasteiger partial charge in [-0.05, 0) is 12.8 Å². The van der Waals surface area contributed by atoms with Gasteiger partial charge in [-0.3, -0.25) is 4.79 Å². The summed E-state index contributed by atoms with van der Waals surface area (Å²) in [6.45, 7) is 0. The van der Waals surface area contributed by atoms with Crippen LogP contribution in [0.15, 0.2) is 12.2 Å². The summed E-state index contributed by atoms with van der Waals surface area (Å²) in [6.07, 6.45) is 3.13. The van der Waals surface area contributed by atoms with E-state index >= 15 is 0 Å². The van der Waals surface area contributed by atoms with Crippen LogP contribution in [-0.4, -0.2) is 27.0 Å². The third kappa shape index (κ3) is 2.01. The fourth-order valence-corrected chi connectivity index (χ4v) is 1.55. The van der Waals surface area contributed by atoms with Crippen LogP contribution in [-0.2, 0) is 9.59 Å². The molecule has 0 amide bonds. The first-order chi connectivity index (χ1) is 5.96. The first-order valence-electron chi connectivity index (χ1n) is 3.78. The van der Waals surface area contributed by atoms with E-state index in [0.29, 0.717) is 6.42 Å². The van der Waals surface area contributed by atoms with Crippen molar-refractivity contribution in [2.24, 2.45) is 5.92 Å². The van der Waals surface area contributed by atoms with E-state index in [0.717, 1.165) is 0 Å². The second kappa shape index (κ2) is 3.38. The maximum atomic E-state index is 10.7. The van der Waals surface area contributed by atoms with Gasteiger partial charge in [0.2, 0.25) is 0 Å². The number of halogens is 1. The molecular weight excluding hydrogens is 196 g/mol. The molecule has 2 unspecified atom stereocenters. The van der Waals surface area contributed by atoms with Crippen molar-refractivity contribution < 1.29 is 19.8 Å². The van der Waals surface area contributed by atoms with E-state index in [2.05, 4.69) is 0 Å². The summed E-state index contributed by atoms with van der Waals surface area (Å²) in [5.74, 6) is -2.90. The van der Waals surface area contributed by atoms with Gasteiger partial charge in [0.25, 0.3) is 0 Å². The molecule has 72 valence electrons. The molecule has 0 aliphatic heterocycles. The number of carbonyl (C=O) groups is 2. The van der Waals surface area contributed by atoms with Crippen molar-refractivity contribution in [1.82, 2.24) is 0 Å². The Balaban J connectivity index is 2.83. The van der Waals surface area contributed by atoms with E-state index < -0.39 is 22.7 Å². The van der Waals surface area contributed by atoms with Crippen molar-refractivity contribution >= 4 is 23.5 Å². The van der Waals surface area contributed by atoms with Crippen LogP contribution in [0, 0.1) is 5.92 Å². The molecule has 1 aliphatic rings. The SMILES string of the molecule is O=C(O)C1CC=CC(Cl)(C(=O)O)C1. The van der Waals surface area contributed by atoms with Crippen LogP contribution in [0.5, 0.6) is 0 Å². The number of allylic oxidation sites excluding steroid dienone is 1. The highest BCUT2D eigenvalue weighted by Gasteiger charge is 2.40. The van der Waals surface area contributed by atoms with Crippen molar-refractivity contribution in [1.29, 1.82) is 0 Å². The molecule has 13 heavy (non-hydrogen) atoms. The fourth-order valence-electron chi connectivity index (χ4n) is 1.28. The topological polar surface area (TPSA) is 74.6 Å². The first-order valence-corrected chi connectivity index (χ1v) is 4.16. The van der Waals surface area contributed by atoms with Crippen LogP contribution >= 0.6 is 11.6 Å². The van der Waals surface area contributed by atoms with Gasteiger partial charge in [0.15, 0.2) is 4.87 Å².